The van der Waals surface area contributed by atoms with E-state index < -0.39 is 41.2 Å². The number of benzene rings is 1. The Morgan fingerprint density at radius 1 is 1.22 bits per heavy atom. The first-order valence-electron chi connectivity index (χ1n) is 11.0. The van der Waals surface area contributed by atoms with Gasteiger partial charge < -0.3 is 20.3 Å². The van der Waals surface area contributed by atoms with Crippen LogP contribution in [0, 0.1) is 17.0 Å². The van der Waals surface area contributed by atoms with Crippen molar-refractivity contribution in [2.45, 2.75) is 42.9 Å². The van der Waals surface area contributed by atoms with Gasteiger partial charge in [-0.3, -0.25) is 13.6 Å². The average molecular weight is 570 g/mol. The number of hydrogen-bond acceptors (Lipinski definition) is 12. The van der Waals surface area contributed by atoms with Gasteiger partial charge >= 0.3 is 18.6 Å². The monoisotopic (exact) mass is 569 g/mol. The lowest BCUT2D eigenvalue weighted by Crippen LogP contribution is -2.36. The van der Waals surface area contributed by atoms with Gasteiger partial charge in [-0.1, -0.05) is 30.3 Å². The highest BCUT2D eigenvalue weighted by Gasteiger charge is 2.45. The van der Waals surface area contributed by atoms with E-state index in [4.69, 9.17) is 9.05 Å². The molecule has 0 bridgehead atoms. The fourth-order valence-corrected chi connectivity index (χ4v) is 7.03. The van der Waals surface area contributed by atoms with Gasteiger partial charge in [-0.05, 0) is 39.8 Å². The molecule has 16 heteroatoms. The minimum Gasteiger partial charge on any atom is -0.389 e. The number of aryl methyl sites for hydroxylation is 1. The molecule has 1 aliphatic heterocycles. The molecule has 37 heavy (non-hydrogen) atoms. The van der Waals surface area contributed by atoms with Gasteiger partial charge in [0.15, 0.2) is 6.20 Å². The quantitative estimate of drug-likeness (QED) is 0.175. The molecule has 0 saturated carbocycles. The molecule has 5 atom stereocenters. The zero-order valence-corrected chi connectivity index (χ0v) is 22.0. The summed E-state index contributed by atoms with van der Waals surface area (Å²) in [5, 5.41) is 32.9. The molecule has 3 N–H and O–H groups in total. The van der Waals surface area contributed by atoms with Crippen molar-refractivity contribution in [3.8, 4) is 0 Å². The lowest BCUT2D eigenvalue weighted by Gasteiger charge is -2.22. The third-order valence-corrected chi connectivity index (χ3v) is 9.36. The van der Waals surface area contributed by atoms with Crippen LogP contribution in [0.25, 0.3) is 0 Å². The Morgan fingerprint density at radius 3 is 2.65 bits per heavy atom. The average Bonchev–Trinajstić information content (AvgIpc) is 3.47. The molecule has 2 aromatic heterocycles. The van der Waals surface area contributed by atoms with Crippen molar-refractivity contribution in [1.82, 2.24) is 19.6 Å². The molecule has 0 spiro atoms. The number of nitrogens with zero attached hydrogens (tertiary/aromatic N) is 4. The van der Waals surface area contributed by atoms with Crippen molar-refractivity contribution < 1.29 is 28.7 Å². The van der Waals surface area contributed by atoms with Crippen LogP contribution in [0.15, 0.2) is 53.6 Å². The van der Waals surface area contributed by atoms with Gasteiger partial charge in [-0.15, -0.1) is 11.8 Å². The van der Waals surface area contributed by atoms with E-state index in [9.17, 15) is 29.7 Å². The summed E-state index contributed by atoms with van der Waals surface area (Å²) >= 11 is 1.87. The van der Waals surface area contributed by atoms with Crippen molar-refractivity contribution in [3.63, 3.8) is 0 Å². The first-order valence-corrected chi connectivity index (χ1v) is 14.3. The smallest absolute Gasteiger partial charge is 0.389 e. The van der Waals surface area contributed by atoms with Gasteiger partial charge in [0.05, 0.1) is 29.4 Å². The summed E-state index contributed by atoms with van der Waals surface area (Å²) in [6, 6.07) is 10.7. The van der Waals surface area contributed by atoms with Gasteiger partial charge in [0.2, 0.25) is 0 Å². The van der Waals surface area contributed by atoms with Crippen molar-refractivity contribution in [1.29, 1.82) is 0 Å². The van der Waals surface area contributed by atoms with Crippen LogP contribution in [0.2, 0.25) is 0 Å². The number of nitro groups is 1. The molecule has 0 amide bonds. The van der Waals surface area contributed by atoms with E-state index in [-0.39, 0.29) is 24.9 Å². The Balaban J connectivity index is 1.45. The largest absolute Gasteiger partial charge is 0.423 e. The third kappa shape index (κ3) is 6.89. The molecule has 0 radical (unpaired) electrons. The lowest BCUT2D eigenvalue weighted by molar-refractivity contribution is -0.384. The van der Waals surface area contributed by atoms with Crippen molar-refractivity contribution in [2.75, 3.05) is 6.61 Å². The molecular weight excluding hydrogens is 545 g/mol. The van der Waals surface area contributed by atoms with Gasteiger partial charge in [0, 0.05) is 18.4 Å². The fourth-order valence-electron chi connectivity index (χ4n) is 3.47. The van der Waals surface area contributed by atoms with Crippen LogP contribution >= 0.6 is 30.8 Å². The number of thioether (sulfide) groups is 1. The van der Waals surface area contributed by atoms with Crippen LogP contribution in [-0.4, -0.2) is 53.7 Å². The Kier molecular flexibility index (Phi) is 8.87. The molecule has 1 unspecified atom stereocenters. The van der Waals surface area contributed by atoms with E-state index in [1.54, 1.807) is 13.0 Å². The Labute approximate surface area is 219 Å². The fraction of sp³-hybridized carbons (Fsp3) is 0.381. The maximum absolute atomic E-state index is 13.6. The van der Waals surface area contributed by atoms with Crippen LogP contribution in [0.1, 0.15) is 21.5 Å². The molecule has 1 aliphatic rings. The Morgan fingerprint density at radius 2 is 1.97 bits per heavy atom. The number of hydrogen-bond donors (Lipinski definition) is 3. The molecule has 4 rings (SSSR count). The summed E-state index contributed by atoms with van der Waals surface area (Å²) < 4.78 is 26.0. The van der Waals surface area contributed by atoms with E-state index in [0.717, 1.165) is 28.7 Å². The molecule has 198 valence electrons. The summed E-state index contributed by atoms with van der Waals surface area (Å²) in [7, 11) is -4.00. The van der Waals surface area contributed by atoms with E-state index in [1.165, 1.54) is 17.0 Å². The lowest BCUT2D eigenvalue weighted by atomic mass is 10.1. The number of aromatic nitrogens is 3. The molecule has 1 aromatic carbocycles. The second-order valence-electron chi connectivity index (χ2n) is 8.06. The number of aliphatic hydroxyl groups is 2. The summed E-state index contributed by atoms with van der Waals surface area (Å²) in [4.78, 5) is 30.4. The zero-order valence-electron chi connectivity index (χ0n) is 19.4. The normalized spacial score (nSPS) is 23.1. The van der Waals surface area contributed by atoms with Gasteiger partial charge in [0.1, 0.15) is 11.5 Å². The Bertz CT molecular complexity index is 1340. The molecular formula is C21H24N5O8PS2. The van der Waals surface area contributed by atoms with Gasteiger partial charge in [0.25, 0.3) is 0 Å². The molecule has 0 aliphatic carbocycles. The number of nitrogens with one attached hydrogen (secondary N) is 1. The minimum atomic E-state index is -4.00. The van der Waals surface area contributed by atoms with Crippen LogP contribution in [0.4, 0.5) is 5.13 Å². The SMILES string of the molecule is Cc1ccn([C@@H]2S[C@H](COP(=O)(NCc3ccccc3)OCc3cnc([N+](=O)[O-])s3)[C@@H](O)[C@@H]2O)c(=O)n1. The summed E-state index contributed by atoms with van der Waals surface area (Å²) in [6.07, 6.45) is 0.173. The van der Waals surface area contributed by atoms with E-state index >= 15 is 0 Å². The molecule has 1 saturated heterocycles. The highest BCUT2D eigenvalue weighted by Crippen LogP contribution is 2.48. The minimum absolute atomic E-state index is 0.136. The van der Waals surface area contributed by atoms with Crippen LogP contribution in [0.5, 0.6) is 0 Å². The summed E-state index contributed by atoms with van der Waals surface area (Å²) in [6.45, 7) is 1.26. The molecule has 13 nitrogen and oxygen atoms in total. The second kappa shape index (κ2) is 11.9. The zero-order chi connectivity index (χ0) is 26.6. The van der Waals surface area contributed by atoms with Crippen LogP contribution in [0.3, 0.4) is 0 Å². The van der Waals surface area contributed by atoms with Crippen molar-refractivity contribution in [2.24, 2.45) is 0 Å². The number of rotatable bonds is 11. The molecule has 1 fully saturated rings. The standard InChI is InChI=1S/C21H24N5O8PS2/c1-13-7-8-25(20(29)24-13)19-18(28)17(27)16(37-19)12-34-35(32,23-9-14-5-3-2-4-6-14)33-11-15-10-22-21(36-15)26(30)31/h2-8,10,16-19,27-28H,9,11-12H2,1H3,(H,23,32)/t16-,17-,18+,19-,35?/m1/s1. The maximum atomic E-state index is 13.6. The number of aliphatic hydroxyl groups excluding tert-OH is 2. The van der Waals surface area contributed by atoms with Crippen LogP contribution in [-0.2, 0) is 26.8 Å². The van der Waals surface area contributed by atoms with E-state index in [0.29, 0.717) is 10.6 Å². The van der Waals surface area contributed by atoms with Crippen molar-refractivity contribution >= 4 is 36.0 Å². The van der Waals surface area contributed by atoms with Crippen molar-refractivity contribution in [3.05, 3.63) is 85.5 Å². The first-order chi connectivity index (χ1) is 17.6. The van der Waals surface area contributed by atoms with Gasteiger partial charge in [-0.25, -0.2) is 14.4 Å². The first kappa shape index (κ1) is 27.5. The summed E-state index contributed by atoms with van der Waals surface area (Å²) in [5.74, 6) is 0. The topological polar surface area (TPSA) is 179 Å². The maximum Gasteiger partial charge on any atom is 0.423 e. The highest BCUT2D eigenvalue weighted by atomic mass is 32.2. The number of thiazole rings is 1. The third-order valence-electron chi connectivity index (χ3n) is 5.38. The predicted molar refractivity (Wildman–Crippen MR) is 136 cm³/mol. The van der Waals surface area contributed by atoms with Crippen LogP contribution < -0.4 is 10.8 Å². The Hall–Kier alpha value is -2.49. The molecule has 3 heterocycles. The predicted octanol–water partition coefficient (Wildman–Crippen LogP) is 2.38. The second-order valence-corrected chi connectivity index (χ2v) is 12.3. The highest BCUT2D eigenvalue weighted by molar-refractivity contribution is 8.00. The van der Waals surface area contributed by atoms with E-state index in [1.807, 2.05) is 30.3 Å². The molecule has 3 aromatic rings. The van der Waals surface area contributed by atoms with Gasteiger partial charge in [-0.2, -0.15) is 4.98 Å². The summed E-state index contributed by atoms with van der Waals surface area (Å²) in [5.41, 5.74) is 0.760. The van der Waals surface area contributed by atoms with E-state index in [2.05, 4.69) is 15.1 Å².